The van der Waals surface area contributed by atoms with E-state index in [0.29, 0.717) is 0 Å². The fraction of sp³-hybridized carbons (Fsp3) is 0.273. The molecule has 0 fully saturated rings. The van der Waals surface area contributed by atoms with E-state index in [-0.39, 0.29) is 11.3 Å². The molecule has 0 bridgehead atoms. The van der Waals surface area contributed by atoms with Crippen LogP contribution >= 0.6 is 0 Å². The van der Waals surface area contributed by atoms with Crippen molar-refractivity contribution in [3.8, 4) is 6.07 Å². The Morgan fingerprint density at radius 3 is 2.71 bits per heavy atom. The molecule has 0 amide bonds. The van der Waals surface area contributed by atoms with Crippen LogP contribution in [0.1, 0.15) is 24.2 Å². The van der Waals surface area contributed by atoms with Crippen LogP contribution in [0, 0.1) is 21.4 Å². The van der Waals surface area contributed by atoms with Crippen LogP contribution in [0.15, 0.2) is 24.3 Å². The van der Waals surface area contributed by atoms with Gasteiger partial charge in [-0.05, 0) is 19.9 Å². The molecular formula is C11H10N2O4. The van der Waals surface area contributed by atoms with Crippen molar-refractivity contribution in [2.45, 2.75) is 19.4 Å². The average Bonchev–Trinajstić information content (AvgIpc) is 2.28. The standard InChI is InChI=1S/C11H10N2O4/c1-11(2,7-12)17-10(14)8-4-3-5-9(6-8)13(15)16/h3-6H,1-2H3. The summed E-state index contributed by atoms with van der Waals surface area (Å²) in [6.07, 6.45) is 0. The monoisotopic (exact) mass is 234 g/mol. The van der Waals surface area contributed by atoms with E-state index in [1.54, 1.807) is 6.07 Å². The topological polar surface area (TPSA) is 93.2 Å². The Kier molecular flexibility index (Phi) is 3.43. The highest BCUT2D eigenvalue weighted by atomic mass is 16.6. The predicted molar refractivity (Wildman–Crippen MR) is 58.2 cm³/mol. The van der Waals surface area contributed by atoms with Gasteiger partial charge >= 0.3 is 5.97 Å². The van der Waals surface area contributed by atoms with Gasteiger partial charge in [0.2, 0.25) is 0 Å². The third kappa shape index (κ3) is 3.28. The molecule has 0 radical (unpaired) electrons. The molecule has 0 aliphatic heterocycles. The molecule has 1 rings (SSSR count). The summed E-state index contributed by atoms with van der Waals surface area (Å²) in [4.78, 5) is 21.5. The lowest BCUT2D eigenvalue weighted by Crippen LogP contribution is -2.25. The molecule has 0 N–H and O–H groups in total. The molecule has 0 atom stereocenters. The smallest absolute Gasteiger partial charge is 0.339 e. The van der Waals surface area contributed by atoms with E-state index in [1.807, 2.05) is 0 Å². The molecule has 0 aliphatic carbocycles. The lowest BCUT2D eigenvalue weighted by Gasteiger charge is -2.16. The minimum absolute atomic E-state index is 0.0440. The molecule has 0 saturated carbocycles. The molecule has 0 unspecified atom stereocenters. The number of nitrogens with zero attached hydrogens (tertiary/aromatic N) is 2. The predicted octanol–water partition coefficient (Wildman–Crippen LogP) is 2.05. The summed E-state index contributed by atoms with van der Waals surface area (Å²) in [6.45, 7) is 2.87. The van der Waals surface area contributed by atoms with Crippen molar-refractivity contribution in [1.82, 2.24) is 0 Å². The van der Waals surface area contributed by atoms with Crippen molar-refractivity contribution in [3.05, 3.63) is 39.9 Å². The minimum Gasteiger partial charge on any atom is -0.441 e. The molecule has 0 aromatic heterocycles. The van der Waals surface area contributed by atoms with E-state index in [0.717, 1.165) is 6.07 Å². The zero-order valence-electron chi connectivity index (χ0n) is 9.34. The zero-order chi connectivity index (χ0) is 13.1. The van der Waals surface area contributed by atoms with Crippen molar-refractivity contribution >= 4 is 11.7 Å². The SMILES string of the molecule is CC(C)(C#N)OC(=O)c1cccc([N+](=O)[O-])c1. The molecule has 6 nitrogen and oxygen atoms in total. The van der Waals surface area contributed by atoms with E-state index < -0.39 is 16.5 Å². The van der Waals surface area contributed by atoms with Crippen LogP contribution in [-0.4, -0.2) is 16.5 Å². The fourth-order valence-corrected chi connectivity index (χ4v) is 1.06. The Labute approximate surface area is 97.6 Å². The number of carbonyl (C=O) groups is 1. The van der Waals surface area contributed by atoms with Gasteiger partial charge in [0, 0.05) is 12.1 Å². The second-order valence-corrected chi connectivity index (χ2v) is 3.82. The third-order valence-electron chi connectivity index (χ3n) is 1.91. The Morgan fingerprint density at radius 1 is 1.53 bits per heavy atom. The summed E-state index contributed by atoms with van der Waals surface area (Å²) in [5.41, 5.74) is -1.42. The van der Waals surface area contributed by atoms with Gasteiger partial charge in [-0.2, -0.15) is 5.26 Å². The lowest BCUT2D eigenvalue weighted by molar-refractivity contribution is -0.384. The maximum atomic E-state index is 11.6. The molecular weight excluding hydrogens is 224 g/mol. The van der Waals surface area contributed by atoms with E-state index in [1.165, 1.54) is 32.0 Å². The summed E-state index contributed by atoms with van der Waals surface area (Å²) in [5.74, 6) is -0.764. The van der Waals surface area contributed by atoms with Gasteiger partial charge in [0.05, 0.1) is 10.5 Å². The van der Waals surface area contributed by atoms with Gasteiger partial charge in [-0.3, -0.25) is 10.1 Å². The van der Waals surface area contributed by atoms with Crippen molar-refractivity contribution in [2.75, 3.05) is 0 Å². The third-order valence-corrected chi connectivity index (χ3v) is 1.91. The molecule has 0 aliphatic rings. The number of hydrogen-bond donors (Lipinski definition) is 0. The maximum absolute atomic E-state index is 11.6. The number of non-ortho nitro benzene ring substituents is 1. The van der Waals surface area contributed by atoms with E-state index in [2.05, 4.69) is 0 Å². The highest BCUT2D eigenvalue weighted by molar-refractivity contribution is 5.90. The second-order valence-electron chi connectivity index (χ2n) is 3.82. The molecule has 6 heteroatoms. The number of rotatable bonds is 3. The number of hydrogen-bond acceptors (Lipinski definition) is 5. The van der Waals surface area contributed by atoms with Crippen LogP contribution in [0.4, 0.5) is 5.69 Å². The van der Waals surface area contributed by atoms with Gasteiger partial charge in [0.25, 0.3) is 5.69 Å². The van der Waals surface area contributed by atoms with Gasteiger partial charge < -0.3 is 4.74 Å². The summed E-state index contributed by atoms with van der Waals surface area (Å²) >= 11 is 0. The van der Waals surface area contributed by atoms with Crippen LogP contribution in [0.2, 0.25) is 0 Å². The first-order valence-corrected chi connectivity index (χ1v) is 4.75. The van der Waals surface area contributed by atoms with E-state index >= 15 is 0 Å². The Hall–Kier alpha value is -2.42. The lowest BCUT2D eigenvalue weighted by atomic mass is 10.1. The largest absolute Gasteiger partial charge is 0.441 e. The quantitative estimate of drug-likeness (QED) is 0.453. The number of nitro groups is 1. The van der Waals surface area contributed by atoms with Crippen LogP contribution in [0.3, 0.4) is 0 Å². The first-order valence-electron chi connectivity index (χ1n) is 4.75. The number of carbonyl (C=O) groups excluding carboxylic acids is 1. The van der Waals surface area contributed by atoms with Gasteiger partial charge in [0.1, 0.15) is 6.07 Å². The Balaban J connectivity index is 2.95. The van der Waals surface area contributed by atoms with Crippen LogP contribution < -0.4 is 0 Å². The summed E-state index contributed by atoms with van der Waals surface area (Å²) in [7, 11) is 0. The van der Waals surface area contributed by atoms with Gasteiger partial charge in [-0.15, -0.1) is 0 Å². The van der Waals surface area contributed by atoms with Crippen molar-refractivity contribution < 1.29 is 14.5 Å². The number of ether oxygens (including phenoxy) is 1. The first kappa shape index (κ1) is 12.6. The van der Waals surface area contributed by atoms with Crippen LogP contribution in [0.5, 0.6) is 0 Å². The molecule has 0 saturated heterocycles. The molecule has 1 aromatic rings. The maximum Gasteiger partial charge on any atom is 0.339 e. The summed E-state index contributed by atoms with van der Waals surface area (Å²) in [6, 6.07) is 6.95. The highest BCUT2D eigenvalue weighted by Crippen LogP contribution is 2.16. The molecule has 17 heavy (non-hydrogen) atoms. The van der Waals surface area contributed by atoms with E-state index in [4.69, 9.17) is 10.00 Å². The molecule has 0 heterocycles. The number of benzene rings is 1. The Bertz CT molecular complexity index is 502. The van der Waals surface area contributed by atoms with E-state index in [9.17, 15) is 14.9 Å². The van der Waals surface area contributed by atoms with Gasteiger partial charge in [0.15, 0.2) is 5.60 Å². The molecule has 0 spiro atoms. The summed E-state index contributed by atoms with van der Waals surface area (Å²) in [5, 5.41) is 19.2. The number of nitriles is 1. The van der Waals surface area contributed by atoms with Gasteiger partial charge in [-0.1, -0.05) is 6.07 Å². The van der Waals surface area contributed by atoms with Crippen molar-refractivity contribution in [2.24, 2.45) is 0 Å². The molecule has 88 valence electrons. The van der Waals surface area contributed by atoms with Crippen LogP contribution in [0.25, 0.3) is 0 Å². The van der Waals surface area contributed by atoms with Gasteiger partial charge in [-0.25, -0.2) is 4.79 Å². The second kappa shape index (κ2) is 4.61. The van der Waals surface area contributed by atoms with Crippen LogP contribution in [-0.2, 0) is 4.74 Å². The van der Waals surface area contributed by atoms with Crippen molar-refractivity contribution in [1.29, 1.82) is 5.26 Å². The minimum atomic E-state index is -1.26. The Morgan fingerprint density at radius 2 is 2.18 bits per heavy atom. The number of nitro benzene ring substituents is 1. The number of esters is 1. The normalized spacial score (nSPS) is 10.4. The molecule has 1 aromatic carbocycles. The zero-order valence-corrected chi connectivity index (χ0v) is 9.34. The fourth-order valence-electron chi connectivity index (χ4n) is 1.06. The highest BCUT2D eigenvalue weighted by Gasteiger charge is 2.23. The summed E-state index contributed by atoms with van der Waals surface area (Å²) < 4.78 is 4.89. The average molecular weight is 234 g/mol. The first-order chi connectivity index (χ1) is 7.85. The van der Waals surface area contributed by atoms with Crippen molar-refractivity contribution in [3.63, 3.8) is 0 Å².